The number of nitrogens with zero attached hydrogens (tertiary/aromatic N) is 1. The summed E-state index contributed by atoms with van der Waals surface area (Å²) in [6.45, 7) is 1.78. The van der Waals surface area contributed by atoms with Crippen molar-refractivity contribution in [1.82, 2.24) is 9.88 Å². The third kappa shape index (κ3) is 2.59. The quantitative estimate of drug-likeness (QED) is 0.882. The van der Waals surface area contributed by atoms with E-state index in [1.807, 2.05) is 12.1 Å². The Kier molecular flexibility index (Phi) is 3.55. The maximum absolute atomic E-state index is 12.3. The van der Waals surface area contributed by atoms with Crippen molar-refractivity contribution in [2.45, 2.75) is 6.92 Å². The third-order valence-electron chi connectivity index (χ3n) is 3.14. The number of aromatic nitrogens is 1. The molecule has 1 amide bonds. The molecule has 0 aliphatic rings. The van der Waals surface area contributed by atoms with E-state index in [1.165, 1.54) is 4.90 Å². The van der Waals surface area contributed by atoms with Crippen LogP contribution in [0.2, 0.25) is 0 Å². The van der Waals surface area contributed by atoms with E-state index in [0.717, 1.165) is 10.9 Å². The zero-order chi connectivity index (χ0) is 14.0. The van der Waals surface area contributed by atoms with Gasteiger partial charge in [0.25, 0.3) is 5.91 Å². The largest absolute Gasteiger partial charge is 0.481 e. The lowest BCUT2D eigenvalue weighted by Crippen LogP contribution is -2.33. The molecular formula is C14H16N2O3. The van der Waals surface area contributed by atoms with Crippen LogP contribution < -0.4 is 0 Å². The predicted octanol–water partition coefficient (Wildman–Crippen LogP) is 1.96. The fourth-order valence-corrected chi connectivity index (χ4v) is 2.05. The number of amides is 1. The molecule has 2 rings (SSSR count). The number of benzene rings is 1. The summed E-state index contributed by atoms with van der Waals surface area (Å²) in [7, 11) is 1.62. The Morgan fingerprint density at radius 2 is 2.11 bits per heavy atom. The van der Waals surface area contributed by atoms with Gasteiger partial charge < -0.3 is 15.0 Å². The summed E-state index contributed by atoms with van der Waals surface area (Å²) in [4.78, 5) is 27.6. The summed E-state index contributed by atoms with van der Waals surface area (Å²) in [6.07, 6.45) is 1.78. The number of nitrogens with one attached hydrogen (secondary N) is 1. The number of aromatic amines is 1. The number of hydrogen-bond acceptors (Lipinski definition) is 2. The van der Waals surface area contributed by atoms with Crippen molar-refractivity contribution in [3.8, 4) is 0 Å². The van der Waals surface area contributed by atoms with E-state index in [2.05, 4.69) is 4.98 Å². The molecule has 100 valence electrons. The number of carbonyl (C=O) groups excluding carboxylic acids is 1. The molecule has 0 aliphatic carbocycles. The highest BCUT2D eigenvalue weighted by Crippen LogP contribution is 2.19. The minimum atomic E-state index is -0.903. The second kappa shape index (κ2) is 5.14. The zero-order valence-electron chi connectivity index (χ0n) is 10.9. The Morgan fingerprint density at radius 3 is 2.79 bits per heavy atom. The molecule has 0 aliphatic heterocycles. The molecule has 1 unspecified atom stereocenters. The minimum Gasteiger partial charge on any atom is -0.481 e. The molecule has 0 saturated heterocycles. The van der Waals surface area contributed by atoms with Crippen LogP contribution in [0.4, 0.5) is 0 Å². The standard InChI is InChI=1S/C14H16N2O3/c1-9(14(18)19)8-16(2)13(17)11-4-3-5-12-10(11)6-7-15-12/h3-7,9,15H,8H2,1-2H3,(H,18,19). The maximum Gasteiger partial charge on any atom is 0.308 e. The van der Waals surface area contributed by atoms with Crippen LogP contribution in [-0.4, -0.2) is 40.5 Å². The number of aliphatic carboxylic acids is 1. The monoisotopic (exact) mass is 260 g/mol. The first-order valence-corrected chi connectivity index (χ1v) is 6.05. The Hall–Kier alpha value is -2.30. The zero-order valence-corrected chi connectivity index (χ0v) is 10.9. The van der Waals surface area contributed by atoms with Crippen LogP contribution in [0, 0.1) is 5.92 Å². The van der Waals surface area contributed by atoms with Crippen LogP contribution >= 0.6 is 0 Å². The molecule has 2 N–H and O–H groups in total. The lowest BCUT2D eigenvalue weighted by atomic mass is 10.1. The van der Waals surface area contributed by atoms with Crippen LogP contribution in [0.25, 0.3) is 10.9 Å². The Morgan fingerprint density at radius 1 is 1.37 bits per heavy atom. The van der Waals surface area contributed by atoms with Gasteiger partial charge in [-0.05, 0) is 18.2 Å². The van der Waals surface area contributed by atoms with E-state index in [-0.39, 0.29) is 12.5 Å². The van der Waals surface area contributed by atoms with Crippen LogP contribution in [0.5, 0.6) is 0 Å². The van der Waals surface area contributed by atoms with E-state index < -0.39 is 11.9 Å². The fourth-order valence-electron chi connectivity index (χ4n) is 2.05. The first-order valence-electron chi connectivity index (χ1n) is 6.05. The summed E-state index contributed by atoms with van der Waals surface area (Å²) in [5, 5.41) is 9.73. The van der Waals surface area contributed by atoms with E-state index >= 15 is 0 Å². The molecule has 0 bridgehead atoms. The van der Waals surface area contributed by atoms with Gasteiger partial charge in [-0.2, -0.15) is 0 Å². The third-order valence-corrected chi connectivity index (χ3v) is 3.14. The van der Waals surface area contributed by atoms with Crippen LogP contribution in [0.3, 0.4) is 0 Å². The highest BCUT2D eigenvalue weighted by molar-refractivity contribution is 6.06. The lowest BCUT2D eigenvalue weighted by molar-refractivity contribution is -0.141. The number of carbonyl (C=O) groups is 2. The summed E-state index contributed by atoms with van der Waals surface area (Å²) in [5.41, 5.74) is 1.48. The number of rotatable bonds is 4. The second-order valence-electron chi connectivity index (χ2n) is 4.67. The first kappa shape index (κ1) is 13.1. The average Bonchev–Trinajstić information content (AvgIpc) is 2.85. The van der Waals surface area contributed by atoms with Crippen molar-refractivity contribution in [2.24, 2.45) is 5.92 Å². The summed E-state index contributed by atoms with van der Waals surface area (Å²) >= 11 is 0. The van der Waals surface area contributed by atoms with Crippen molar-refractivity contribution >= 4 is 22.8 Å². The molecule has 5 heteroatoms. The summed E-state index contributed by atoms with van der Waals surface area (Å²) in [6, 6.07) is 7.30. The average molecular weight is 260 g/mol. The van der Waals surface area contributed by atoms with E-state index in [0.29, 0.717) is 5.56 Å². The van der Waals surface area contributed by atoms with Crippen molar-refractivity contribution in [3.63, 3.8) is 0 Å². The smallest absolute Gasteiger partial charge is 0.308 e. The maximum atomic E-state index is 12.3. The Balaban J connectivity index is 2.24. The van der Waals surface area contributed by atoms with Gasteiger partial charge in [-0.3, -0.25) is 9.59 Å². The van der Waals surface area contributed by atoms with Gasteiger partial charge in [0.2, 0.25) is 0 Å². The molecule has 5 nitrogen and oxygen atoms in total. The number of hydrogen-bond donors (Lipinski definition) is 2. The van der Waals surface area contributed by atoms with Crippen LogP contribution in [0.1, 0.15) is 17.3 Å². The van der Waals surface area contributed by atoms with Crippen LogP contribution in [-0.2, 0) is 4.79 Å². The van der Waals surface area contributed by atoms with Gasteiger partial charge in [-0.1, -0.05) is 13.0 Å². The first-order chi connectivity index (χ1) is 9.00. The van der Waals surface area contributed by atoms with Crippen molar-refractivity contribution in [1.29, 1.82) is 0 Å². The molecule has 0 radical (unpaired) electrons. The lowest BCUT2D eigenvalue weighted by Gasteiger charge is -2.19. The molecule has 0 fully saturated rings. The fraction of sp³-hybridized carbons (Fsp3) is 0.286. The number of fused-ring (bicyclic) bond motifs is 1. The highest BCUT2D eigenvalue weighted by atomic mass is 16.4. The van der Waals surface area contributed by atoms with Gasteiger partial charge in [0.15, 0.2) is 0 Å². The SMILES string of the molecule is CC(CN(C)C(=O)c1cccc2[nH]ccc12)C(=O)O. The Labute approximate surface area is 110 Å². The van der Waals surface area contributed by atoms with Crippen molar-refractivity contribution in [2.75, 3.05) is 13.6 Å². The molecule has 1 atom stereocenters. The molecule has 1 aromatic carbocycles. The van der Waals surface area contributed by atoms with E-state index in [4.69, 9.17) is 5.11 Å². The van der Waals surface area contributed by atoms with Gasteiger partial charge in [-0.15, -0.1) is 0 Å². The summed E-state index contributed by atoms with van der Waals surface area (Å²) in [5.74, 6) is -1.66. The Bertz CT molecular complexity index is 618. The topological polar surface area (TPSA) is 73.4 Å². The van der Waals surface area contributed by atoms with Gasteiger partial charge in [-0.25, -0.2) is 0 Å². The van der Waals surface area contributed by atoms with Crippen molar-refractivity contribution < 1.29 is 14.7 Å². The predicted molar refractivity (Wildman–Crippen MR) is 72.1 cm³/mol. The normalized spacial score (nSPS) is 12.3. The number of carboxylic acid groups (broad SMARTS) is 1. The molecular weight excluding hydrogens is 244 g/mol. The minimum absolute atomic E-state index is 0.168. The van der Waals surface area contributed by atoms with Gasteiger partial charge in [0, 0.05) is 36.3 Å². The van der Waals surface area contributed by atoms with E-state index in [9.17, 15) is 9.59 Å². The molecule has 0 saturated carbocycles. The molecule has 0 spiro atoms. The van der Waals surface area contributed by atoms with Crippen molar-refractivity contribution in [3.05, 3.63) is 36.0 Å². The van der Waals surface area contributed by atoms with Gasteiger partial charge in [0.05, 0.1) is 5.92 Å². The molecule has 1 aromatic heterocycles. The number of carboxylic acids is 1. The molecule has 19 heavy (non-hydrogen) atoms. The van der Waals surface area contributed by atoms with Gasteiger partial charge in [0.1, 0.15) is 0 Å². The highest BCUT2D eigenvalue weighted by Gasteiger charge is 2.19. The second-order valence-corrected chi connectivity index (χ2v) is 4.67. The summed E-state index contributed by atoms with van der Waals surface area (Å²) < 4.78 is 0. The number of H-pyrrole nitrogens is 1. The van der Waals surface area contributed by atoms with Crippen LogP contribution in [0.15, 0.2) is 30.5 Å². The van der Waals surface area contributed by atoms with E-state index in [1.54, 1.807) is 32.3 Å². The molecule has 2 aromatic rings. The van der Waals surface area contributed by atoms with Gasteiger partial charge >= 0.3 is 5.97 Å². The molecule has 1 heterocycles.